The summed E-state index contributed by atoms with van der Waals surface area (Å²) in [6, 6.07) is 0. The molecule has 12 heavy (non-hydrogen) atoms. The van der Waals surface area contributed by atoms with Gasteiger partial charge in [0.1, 0.15) is 0 Å². The highest BCUT2D eigenvalue weighted by molar-refractivity contribution is 4.95. The molecule has 5 atom stereocenters. The molecule has 0 aromatic carbocycles. The molecule has 0 aliphatic heterocycles. The Kier molecular flexibility index (Phi) is 1.52. The summed E-state index contributed by atoms with van der Waals surface area (Å²) >= 11 is 0. The molecule has 0 amide bonds. The quantitative estimate of drug-likeness (QED) is 0.585. The highest BCUT2D eigenvalue weighted by Crippen LogP contribution is 2.52. The van der Waals surface area contributed by atoms with Crippen molar-refractivity contribution in [3.8, 4) is 0 Å². The molecule has 3 bridgehead atoms. The summed E-state index contributed by atoms with van der Waals surface area (Å²) in [5, 5.41) is 9.84. The smallest absolute Gasteiger partial charge is 0.0571 e. The SMILES string of the molecule is OC1CC2CC3CCC1CC2C3. The minimum Gasteiger partial charge on any atom is -0.393 e. The third kappa shape index (κ3) is 0.953. The summed E-state index contributed by atoms with van der Waals surface area (Å²) in [4.78, 5) is 0. The monoisotopic (exact) mass is 166 g/mol. The van der Waals surface area contributed by atoms with Crippen LogP contribution in [0.2, 0.25) is 0 Å². The second kappa shape index (κ2) is 2.47. The lowest BCUT2D eigenvalue weighted by molar-refractivity contribution is 0.0173. The average molecular weight is 166 g/mol. The Morgan fingerprint density at radius 1 is 0.750 bits per heavy atom. The zero-order valence-electron chi connectivity index (χ0n) is 7.58. The summed E-state index contributed by atoms with van der Waals surface area (Å²) in [6.45, 7) is 0. The number of hydrogen-bond donors (Lipinski definition) is 1. The number of aliphatic hydroxyl groups is 1. The zero-order valence-corrected chi connectivity index (χ0v) is 7.58. The fraction of sp³-hybridized carbons (Fsp3) is 1.00. The van der Waals surface area contributed by atoms with Crippen LogP contribution in [-0.4, -0.2) is 11.2 Å². The van der Waals surface area contributed by atoms with Crippen molar-refractivity contribution >= 4 is 0 Å². The molecule has 0 saturated heterocycles. The topological polar surface area (TPSA) is 20.2 Å². The van der Waals surface area contributed by atoms with Crippen LogP contribution >= 0.6 is 0 Å². The Hall–Kier alpha value is -0.0400. The summed E-state index contributed by atoms with van der Waals surface area (Å²) < 4.78 is 0. The van der Waals surface area contributed by atoms with Gasteiger partial charge in [0.15, 0.2) is 0 Å². The number of rotatable bonds is 0. The van der Waals surface area contributed by atoms with Crippen LogP contribution in [0, 0.1) is 23.7 Å². The maximum Gasteiger partial charge on any atom is 0.0571 e. The van der Waals surface area contributed by atoms with E-state index in [1.165, 1.54) is 32.1 Å². The third-order valence-electron chi connectivity index (χ3n) is 4.58. The van der Waals surface area contributed by atoms with E-state index in [0.29, 0.717) is 5.92 Å². The normalized spacial score (nSPS) is 57.2. The molecule has 3 aliphatic rings. The predicted octanol–water partition coefficient (Wildman–Crippen LogP) is 2.19. The molecule has 0 heterocycles. The van der Waals surface area contributed by atoms with Crippen molar-refractivity contribution in [1.82, 2.24) is 0 Å². The van der Waals surface area contributed by atoms with Crippen molar-refractivity contribution in [2.45, 2.75) is 44.6 Å². The van der Waals surface area contributed by atoms with Crippen molar-refractivity contribution in [3.05, 3.63) is 0 Å². The first kappa shape index (κ1) is 7.37. The molecule has 0 aromatic rings. The minimum absolute atomic E-state index is 0.0605. The van der Waals surface area contributed by atoms with Crippen molar-refractivity contribution in [2.75, 3.05) is 0 Å². The van der Waals surface area contributed by atoms with E-state index in [4.69, 9.17) is 0 Å². The summed E-state index contributed by atoms with van der Waals surface area (Å²) in [7, 11) is 0. The highest BCUT2D eigenvalue weighted by atomic mass is 16.3. The highest BCUT2D eigenvalue weighted by Gasteiger charge is 2.44. The standard InChI is InChI=1S/C11H18O/c12-11-6-10-4-7-1-2-8(11)5-9(10)3-7/h7-12H,1-6H2. The van der Waals surface area contributed by atoms with Crippen LogP contribution in [0.4, 0.5) is 0 Å². The molecule has 3 rings (SSSR count). The second-order valence-electron chi connectivity index (χ2n) is 5.23. The molecule has 0 spiro atoms. The van der Waals surface area contributed by atoms with Crippen LogP contribution in [0.25, 0.3) is 0 Å². The van der Waals surface area contributed by atoms with Crippen LogP contribution in [0.15, 0.2) is 0 Å². The zero-order chi connectivity index (χ0) is 8.13. The summed E-state index contributed by atoms with van der Waals surface area (Å²) in [6.07, 6.45) is 8.20. The number of fused-ring (bicyclic) bond motifs is 2. The molecule has 0 radical (unpaired) electrons. The Morgan fingerprint density at radius 3 is 2.33 bits per heavy atom. The third-order valence-corrected chi connectivity index (χ3v) is 4.58. The van der Waals surface area contributed by atoms with Crippen LogP contribution in [0.1, 0.15) is 38.5 Å². The lowest BCUT2D eigenvalue weighted by Crippen LogP contribution is -2.33. The maximum atomic E-state index is 9.84. The van der Waals surface area contributed by atoms with E-state index in [0.717, 1.165) is 24.2 Å². The van der Waals surface area contributed by atoms with Gasteiger partial charge in [-0.05, 0) is 55.8 Å². The van der Waals surface area contributed by atoms with Crippen LogP contribution in [0.3, 0.4) is 0 Å². The van der Waals surface area contributed by atoms with E-state index in [1.807, 2.05) is 0 Å². The van der Waals surface area contributed by atoms with Crippen LogP contribution in [0.5, 0.6) is 0 Å². The summed E-state index contributed by atoms with van der Waals surface area (Å²) in [5.74, 6) is 3.63. The molecule has 3 saturated carbocycles. The number of hydrogen-bond acceptors (Lipinski definition) is 1. The van der Waals surface area contributed by atoms with Gasteiger partial charge in [-0.25, -0.2) is 0 Å². The van der Waals surface area contributed by atoms with Gasteiger partial charge >= 0.3 is 0 Å². The Morgan fingerprint density at radius 2 is 1.50 bits per heavy atom. The van der Waals surface area contributed by atoms with Crippen LogP contribution < -0.4 is 0 Å². The van der Waals surface area contributed by atoms with Crippen molar-refractivity contribution < 1.29 is 5.11 Å². The molecule has 1 N–H and O–H groups in total. The van der Waals surface area contributed by atoms with Crippen molar-refractivity contribution in [1.29, 1.82) is 0 Å². The fourth-order valence-corrected chi connectivity index (χ4v) is 3.96. The maximum absolute atomic E-state index is 9.84. The number of aliphatic hydroxyl groups excluding tert-OH is 1. The van der Waals surface area contributed by atoms with Gasteiger partial charge in [0.05, 0.1) is 6.10 Å². The fourth-order valence-electron chi connectivity index (χ4n) is 3.96. The predicted molar refractivity (Wildman–Crippen MR) is 47.7 cm³/mol. The Bertz CT molecular complexity index is 189. The van der Waals surface area contributed by atoms with E-state index in [1.54, 1.807) is 0 Å². The van der Waals surface area contributed by atoms with E-state index in [-0.39, 0.29) is 6.10 Å². The molecule has 3 fully saturated rings. The molecular weight excluding hydrogens is 148 g/mol. The first-order chi connectivity index (χ1) is 5.83. The molecule has 1 heteroatoms. The first-order valence-corrected chi connectivity index (χ1v) is 5.51. The Balaban J connectivity index is 1.88. The van der Waals surface area contributed by atoms with Gasteiger partial charge in [-0.1, -0.05) is 6.42 Å². The second-order valence-corrected chi connectivity index (χ2v) is 5.23. The Labute approximate surface area is 74.2 Å². The van der Waals surface area contributed by atoms with E-state index < -0.39 is 0 Å². The lowest BCUT2D eigenvalue weighted by Gasteiger charge is -2.36. The van der Waals surface area contributed by atoms with Gasteiger partial charge in [0.25, 0.3) is 0 Å². The van der Waals surface area contributed by atoms with Crippen LogP contribution in [-0.2, 0) is 0 Å². The molecule has 1 nitrogen and oxygen atoms in total. The van der Waals surface area contributed by atoms with Gasteiger partial charge in [0.2, 0.25) is 0 Å². The van der Waals surface area contributed by atoms with E-state index in [9.17, 15) is 5.11 Å². The molecule has 0 aromatic heterocycles. The van der Waals surface area contributed by atoms with Gasteiger partial charge < -0.3 is 5.11 Å². The minimum atomic E-state index is 0.0605. The van der Waals surface area contributed by atoms with Gasteiger partial charge in [-0.2, -0.15) is 0 Å². The molecule has 5 unspecified atom stereocenters. The van der Waals surface area contributed by atoms with Crippen molar-refractivity contribution in [3.63, 3.8) is 0 Å². The summed E-state index contributed by atoms with van der Waals surface area (Å²) in [5.41, 5.74) is 0. The van der Waals surface area contributed by atoms with Crippen molar-refractivity contribution in [2.24, 2.45) is 23.7 Å². The molecular formula is C11H18O. The van der Waals surface area contributed by atoms with E-state index >= 15 is 0 Å². The van der Waals surface area contributed by atoms with E-state index in [2.05, 4.69) is 0 Å². The first-order valence-electron chi connectivity index (χ1n) is 5.51. The molecule has 3 aliphatic carbocycles. The van der Waals surface area contributed by atoms with Gasteiger partial charge in [-0.3, -0.25) is 0 Å². The largest absolute Gasteiger partial charge is 0.393 e. The van der Waals surface area contributed by atoms with Gasteiger partial charge in [-0.15, -0.1) is 0 Å². The molecule has 68 valence electrons. The van der Waals surface area contributed by atoms with Gasteiger partial charge in [0, 0.05) is 0 Å². The lowest BCUT2D eigenvalue weighted by atomic mass is 9.72. The average Bonchev–Trinajstić information content (AvgIpc) is 2.27.